The average Bonchev–Trinajstić information content (AvgIpc) is 3.04. The lowest BCUT2D eigenvalue weighted by molar-refractivity contribution is -0.384. The molecule has 0 spiro atoms. The Kier molecular flexibility index (Phi) is 3.63. The molecule has 6 heteroatoms. The van der Waals surface area contributed by atoms with Gasteiger partial charge < -0.3 is 5.32 Å². The fourth-order valence-electron chi connectivity index (χ4n) is 3.60. The highest BCUT2D eigenvalue weighted by molar-refractivity contribution is 5.94. The summed E-state index contributed by atoms with van der Waals surface area (Å²) >= 11 is 0. The molecule has 2 saturated heterocycles. The highest BCUT2D eigenvalue weighted by Gasteiger charge is 2.44. The molecule has 0 saturated carbocycles. The number of nitrogens with one attached hydrogen (secondary N) is 1. The Balaban J connectivity index is 1.62. The van der Waals surface area contributed by atoms with Gasteiger partial charge in [-0.1, -0.05) is 0 Å². The molecule has 112 valence electrons. The van der Waals surface area contributed by atoms with Crippen molar-refractivity contribution in [3.63, 3.8) is 0 Å². The van der Waals surface area contributed by atoms with E-state index in [9.17, 15) is 14.9 Å². The van der Waals surface area contributed by atoms with Crippen LogP contribution < -0.4 is 5.32 Å². The maximum absolute atomic E-state index is 12.2. The molecule has 0 atom stereocenters. The van der Waals surface area contributed by atoms with Crippen LogP contribution in [0.15, 0.2) is 24.3 Å². The van der Waals surface area contributed by atoms with E-state index in [0.29, 0.717) is 12.1 Å². The van der Waals surface area contributed by atoms with Gasteiger partial charge in [-0.25, -0.2) is 0 Å². The van der Waals surface area contributed by atoms with Crippen LogP contribution in [-0.2, 0) is 0 Å². The van der Waals surface area contributed by atoms with Gasteiger partial charge in [0.2, 0.25) is 0 Å². The Morgan fingerprint density at radius 3 is 2.43 bits per heavy atom. The largest absolute Gasteiger partial charge is 0.350 e. The minimum atomic E-state index is -0.463. The molecule has 1 N–H and O–H groups in total. The van der Waals surface area contributed by atoms with E-state index in [1.165, 1.54) is 37.1 Å². The number of fused-ring (bicyclic) bond motifs is 1. The Hall–Kier alpha value is -1.95. The molecule has 2 aliphatic rings. The van der Waals surface area contributed by atoms with E-state index >= 15 is 0 Å². The molecule has 6 nitrogen and oxygen atoms in total. The average molecular weight is 289 g/mol. The quantitative estimate of drug-likeness (QED) is 0.679. The third-order valence-electron chi connectivity index (χ3n) is 4.73. The fraction of sp³-hybridized carbons (Fsp3) is 0.533. The van der Waals surface area contributed by atoms with E-state index in [-0.39, 0.29) is 17.1 Å². The molecule has 2 fully saturated rings. The van der Waals surface area contributed by atoms with Crippen LogP contribution in [0.2, 0.25) is 0 Å². The first kappa shape index (κ1) is 14.0. The summed E-state index contributed by atoms with van der Waals surface area (Å²) in [4.78, 5) is 24.8. The highest BCUT2D eigenvalue weighted by Crippen LogP contribution is 2.38. The van der Waals surface area contributed by atoms with Crippen LogP contribution in [0, 0.1) is 10.1 Å². The number of carbonyl (C=O) groups excluding carboxylic acids is 1. The van der Waals surface area contributed by atoms with E-state index in [0.717, 1.165) is 25.9 Å². The first-order chi connectivity index (χ1) is 10.1. The molecule has 1 aromatic rings. The lowest BCUT2D eigenvalue weighted by atomic mass is 9.94. The minimum Gasteiger partial charge on any atom is -0.350 e. The Labute approximate surface area is 123 Å². The molecule has 21 heavy (non-hydrogen) atoms. The number of non-ortho nitro benzene ring substituents is 1. The maximum Gasteiger partial charge on any atom is 0.269 e. The zero-order valence-electron chi connectivity index (χ0n) is 11.9. The number of amides is 1. The molecule has 0 radical (unpaired) electrons. The van der Waals surface area contributed by atoms with Gasteiger partial charge >= 0.3 is 0 Å². The monoisotopic (exact) mass is 289 g/mol. The summed E-state index contributed by atoms with van der Waals surface area (Å²) in [6.45, 7) is 2.93. The van der Waals surface area contributed by atoms with Crippen molar-refractivity contribution in [2.24, 2.45) is 0 Å². The smallest absolute Gasteiger partial charge is 0.269 e. The van der Waals surface area contributed by atoms with E-state index in [1.807, 2.05) is 0 Å². The van der Waals surface area contributed by atoms with Gasteiger partial charge in [-0.05, 0) is 50.9 Å². The van der Waals surface area contributed by atoms with Gasteiger partial charge in [0, 0.05) is 29.8 Å². The second kappa shape index (κ2) is 5.44. The summed E-state index contributed by atoms with van der Waals surface area (Å²) in [6.07, 6.45) is 4.70. The molecule has 0 aromatic heterocycles. The third kappa shape index (κ3) is 2.63. The predicted molar refractivity (Wildman–Crippen MR) is 78.2 cm³/mol. The number of hydrogen-bond acceptors (Lipinski definition) is 4. The molecule has 0 bridgehead atoms. The molecular weight excluding hydrogens is 270 g/mol. The van der Waals surface area contributed by atoms with Gasteiger partial charge in [0.25, 0.3) is 11.6 Å². The van der Waals surface area contributed by atoms with Gasteiger partial charge in [0.05, 0.1) is 4.92 Å². The molecule has 3 rings (SSSR count). The van der Waals surface area contributed by atoms with Crippen LogP contribution in [0.5, 0.6) is 0 Å². The van der Waals surface area contributed by atoms with Crippen LogP contribution in [-0.4, -0.2) is 40.9 Å². The van der Waals surface area contributed by atoms with Gasteiger partial charge in [-0.15, -0.1) is 0 Å². The number of nitrogens with zero attached hydrogens (tertiary/aromatic N) is 2. The molecule has 1 amide bonds. The van der Waals surface area contributed by atoms with Crippen LogP contribution in [0.3, 0.4) is 0 Å². The summed E-state index contributed by atoms with van der Waals surface area (Å²) in [5, 5.41) is 13.6. The highest BCUT2D eigenvalue weighted by atomic mass is 16.6. The minimum absolute atomic E-state index is 0.00269. The molecule has 1 aromatic carbocycles. The van der Waals surface area contributed by atoms with Crippen molar-refractivity contribution in [3.05, 3.63) is 39.9 Å². The summed E-state index contributed by atoms with van der Waals surface area (Å²) in [7, 11) is 0. The first-order valence-corrected chi connectivity index (χ1v) is 7.38. The number of nitro groups is 1. The van der Waals surface area contributed by atoms with Crippen LogP contribution in [0.25, 0.3) is 0 Å². The molecule has 2 aliphatic heterocycles. The number of hydrogen-bond donors (Lipinski definition) is 1. The van der Waals surface area contributed by atoms with E-state index in [2.05, 4.69) is 10.2 Å². The van der Waals surface area contributed by atoms with Crippen LogP contribution >= 0.6 is 0 Å². The van der Waals surface area contributed by atoms with Crippen molar-refractivity contribution in [1.82, 2.24) is 10.2 Å². The van der Waals surface area contributed by atoms with Gasteiger partial charge in [0.15, 0.2) is 0 Å². The maximum atomic E-state index is 12.2. The Morgan fingerprint density at radius 2 is 1.86 bits per heavy atom. The summed E-state index contributed by atoms with van der Waals surface area (Å²) < 4.78 is 0. The van der Waals surface area contributed by atoms with Crippen molar-refractivity contribution in [1.29, 1.82) is 0 Å². The summed E-state index contributed by atoms with van der Waals surface area (Å²) in [5.74, 6) is -0.155. The fourth-order valence-corrected chi connectivity index (χ4v) is 3.60. The SMILES string of the molecule is O=C(NCC12CCCN1CCC2)c1ccc([N+](=O)[O-])cc1. The Morgan fingerprint density at radius 1 is 1.24 bits per heavy atom. The molecular formula is C15H19N3O3. The first-order valence-electron chi connectivity index (χ1n) is 7.38. The van der Waals surface area contributed by atoms with Gasteiger partial charge in [-0.3, -0.25) is 19.8 Å². The summed E-state index contributed by atoms with van der Waals surface area (Å²) in [5.41, 5.74) is 0.624. The van der Waals surface area contributed by atoms with Crippen molar-refractivity contribution < 1.29 is 9.72 Å². The second-order valence-corrected chi connectivity index (χ2v) is 5.91. The van der Waals surface area contributed by atoms with Crippen molar-refractivity contribution >= 4 is 11.6 Å². The lowest BCUT2D eigenvalue weighted by Gasteiger charge is -2.32. The zero-order valence-corrected chi connectivity index (χ0v) is 11.9. The summed E-state index contributed by atoms with van der Waals surface area (Å²) in [6, 6.07) is 5.74. The predicted octanol–water partition coefficient (Wildman–Crippen LogP) is 1.95. The molecule has 0 aliphatic carbocycles. The van der Waals surface area contributed by atoms with E-state index < -0.39 is 4.92 Å². The standard InChI is InChI=1S/C15H19N3O3/c19-14(12-3-5-13(6-4-12)18(20)21)16-11-15-7-1-9-17(15)10-2-8-15/h3-6H,1-2,7-11H2,(H,16,19). The topological polar surface area (TPSA) is 75.5 Å². The van der Waals surface area contributed by atoms with E-state index in [1.54, 1.807) is 0 Å². The number of carbonyl (C=O) groups is 1. The Bertz CT molecular complexity index is 546. The second-order valence-electron chi connectivity index (χ2n) is 5.91. The number of rotatable bonds is 4. The van der Waals surface area contributed by atoms with Crippen LogP contribution in [0.4, 0.5) is 5.69 Å². The molecule has 2 heterocycles. The van der Waals surface area contributed by atoms with Crippen molar-refractivity contribution in [3.8, 4) is 0 Å². The van der Waals surface area contributed by atoms with Gasteiger partial charge in [-0.2, -0.15) is 0 Å². The lowest BCUT2D eigenvalue weighted by Crippen LogP contribution is -2.48. The number of benzene rings is 1. The van der Waals surface area contributed by atoms with Crippen molar-refractivity contribution in [2.75, 3.05) is 19.6 Å². The van der Waals surface area contributed by atoms with E-state index in [4.69, 9.17) is 0 Å². The van der Waals surface area contributed by atoms with Crippen molar-refractivity contribution in [2.45, 2.75) is 31.2 Å². The molecule has 0 unspecified atom stereocenters. The van der Waals surface area contributed by atoms with Crippen LogP contribution in [0.1, 0.15) is 36.0 Å². The normalized spacial score (nSPS) is 20.2. The number of nitro benzene ring substituents is 1. The third-order valence-corrected chi connectivity index (χ3v) is 4.73. The zero-order chi connectivity index (χ0) is 14.9. The van der Waals surface area contributed by atoms with Gasteiger partial charge in [0.1, 0.15) is 0 Å².